The van der Waals surface area contributed by atoms with E-state index in [1.807, 2.05) is 0 Å². The van der Waals surface area contributed by atoms with Gasteiger partial charge in [0.05, 0.1) is 11.3 Å². The molecule has 4 N–H and O–H groups in total. The fourth-order valence-corrected chi connectivity index (χ4v) is 1.47. The van der Waals surface area contributed by atoms with Crippen LogP contribution in [0.2, 0.25) is 0 Å². The number of carbonyl (C=O) groups is 2. The summed E-state index contributed by atoms with van der Waals surface area (Å²) in [6, 6.07) is 6.00. The number of halogens is 1. The van der Waals surface area contributed by atoms with Crippen molar-refractivity contribution in [2.24, 2.45) is 5.73 Å². The van der Waals surface area contributed by atoms with Gasteiger partial charge >= 0.3 is 0 Å². The first-order valence-electron chi connectivity index (χ1n) is 5.53. The van der Waals surface area contributed by atoms with Crippen molar-refractivity contribution in [1.29, 1.82) is 0 Å². The van der Waals surface area contributed by atoms with Gasteiger partial charge in [-0.05, 0) is 24.3 Å². The Morgan fingerprint density at radius 3 is 2.55 bits per heavy atom. The van der Waals surface area contributed by atoms with Crippen LogP contribution in [0.4, 0.5) is 10.1 Å². The number of nitrogens with one attached hydrogen (secondary N) is 1. The van der Waals surface area contributed by atoms with Gasteiger partial charge in [0.1, 0.15) is 17.3 Å². The summed E-state index contributed by atoms with van der Waals surface area (Å²) in [6.07, 6.45) is 1.16. The van der Waals surface area contributed by atoms with Crippen LogP contribution in [0.25, 0.3) is 0 Å². The van der Waals surface area contributed by atoms with E-state index in [0.29, 0.717) is 0 Å². The molecule has 6 nitrogen and oxygen atoms in total. The smallest absolute Gasteiger partial charge is 0.267 e. The number of pyridine rings is 1. The van der Waals surface area contributed by atoms with Crippen molar-refractivity contribution in [1.82, 2.24) is 4.98 Å². The molecule has 0 saturated carbocycles. The van der Waals surface area contributed by atoms with Crippen LogP contribution >= 0.6 is 0 Å². The Kier molecular flexibility index (Phi) is 3.60. The monoisotopic (exact) mass is 275 g/mol. The number of anilines is 1. The minimum absolute atomic E-state index is 0.0253. The van der Waals surface area contributed by atoms with Crippen molar-refractivity contribution in [3.05, 3.63) is 53.6 Å². The minimum Gasteiger partial charge on any atom is -0.508 e. The highest BCUT2D eigenvalue weighted by Crippen LogP contribution is 2.19. The molecule has 0 aliphatic heterocycles. The van der Waals surface area contributed by atoms with Gasteiger partial charge < -0.3 is 16.2 Å². The summed E-state index contributed by atoms with van der Waals surface area (Å²) < 4.78 is 13.4. The second-order valence-corrected chi connectivity index (χ2v) is 3.91. The lowest BCUT2D eigenvalue weighted by Crippen LogP contribution is -2.16. The molecule has 1 aromatic heterocycles. The summed E-state index contributed by atoms with van der Waals surface area (Å²) in [7, 11) is 0. The topological polar surface area (TPSA) is 105 Å². The number of primary amides is 1. The van der Waals surface area contributed by atoms with Gasteiger partial charge in [-0.2, -0.15) is 0 Å². The maximum absolute atomic E-state index is 13.4. The number of carbonyl (C=O) groups excluding carboxylic acids is 2. The van der Waals surface area contributed by atoms with Crippen LogP contribution in [0.3, 0.4) is 0 Å². The van der Waals surface area contributed by atoms with Crippen LogP contribution in [0.15, 0.2) is 36.5 Å². The van der Waals surface area contributed by atoms with E-state index in [4.69, 9.17) is 10.8 Å². The van der Waals surface area contributed by atoms with Crippen LogP contribution in [-0.2, 0) is 0 Å². The van der Waals surface area contributed by atoms with Crippen molar-refractivity contribution < 1.29 is 19.1 Å². The number of benzene rings is 1. The summed E-state index contributed by atoms with van der Waals surface area (Å²) in [6.45, 7) is 0. The van der Waals surface area contributed by atoms with Gasteiger partial charge in [0.2, 0.25) is 0 Å². The molecule has 0 bridgehead atoms. The molecule has 7 heteroatoms. The third kappa shape index (κ3) is 2.89. The Bertz CT molecular complexity index is 671. The van der Waals surface area contributed by atoms with Crippen LogP contribution in [0.5, 0.6) is 5.75 Å². The molecule has 20 heavy (non-hydrogen) atoms. The van der Waals surface area contributed by atoms with E-state index in [9.17, 15) is 14.0 Å². The number of hydrogen-bond donors (Lipinski definition) is 3. The Morgan fingerprint density at radius 1 is 1.25 bits per heavy atom. The molecule has 1 heterocycles. The molecule has 2 aromatic rings. The van der Waals surface area contributed by atoms with Crippen LogP contribution in [0, 0.1) is 5.82 Å². The van der Waals surface area contributed by atoms with Gasteiger partial charge in [-0.3, -0.25) is 14.6 Å². The molecule has 1 aromatic carbocycles. The summed E-state index contributed by atoms with van der Waals surface area (Å²) in [4.78, 5) is 26.4. The molecule has 0 fully saturated rings. The SMILES string of the molecule is NC(=O)c1ccc(C(=O)Nc2ccc(O)cc2F)cn1. The summed E-state index contributed by atoms with van der Waals surface area (Å²) in [5, 5.41) is 11.4. The molecular formula is C13H10FN3O3. The number of aromatic hydroxyl groups is 1. The van der Waals surface area contributed by atoms with Crippen molar-refractivity contribution in [3.63, 3.8) is 0 Å². The Labute approximate surface area is 113 Å². The summed E-state index contributed by atoms with van der Waals surface area (Å²) in [5.41, 5.74) is 5.11. The molecular weight excluding hydrogens is 265 g/mol. The third-order valence-corrected chi connectivity index (χ3v) is 2.48. The number of rotatable bonds is 3. The first kappa shape index (κ1) is 13.5. The first-order chi connectivity index (χ1) is 9.47. The number of aromatic nitrogens is 1. The number of amides is 2. The van der Waals surface area contributed by atoms with Crippen LogP contribution in [-0.4, -0.2) is 21.9 Å². The molecule has 0 aliphatic rings. The van der Waals surface area contributed by atoms with E-state index < -0.39 is 17.6 Å². The van der Waals surface area contributed by atoms with E-state index >= 15 is 0 Å². The number of nitrogens with two attached hydrogens (primary N) is 1. The highest BCUT2D eigenvalue weighted by Gasteiger charge is 2.11. The second kappa shape index (κ2) is 5.35. The standard InChI is InChI=1S/C13H10FN3O3/c14-9-5-8(18)2-4-10(9)17-13(20)7-1-3-11(12(15)19)16-6-7/h1-6,18H,(H2,15,19)(H,17,20). The van der Waals surface area contributed by atoms with Crippen molar-refractivity contribution >= 4 is 17.5 Å². The molecule has 0 saturated heterocycles. The van der Waals surface area contributed by atoms with E-state index in [1.54, 1.807) is 0 Å². The van der Waals surface area contributed by atoms with Crippen LogP contribution in [0.1, 0.15) is 20.8 Å². The van der Waals surface area contributed by atoms with Gasteiger partial charge in [0.25, 0.3) is 11.8 Å². The highest BCUT2D eigenvalue weighted by molar-refractivity contribution is 6.04. The van der Waals surface area contributed by atoms with Gasteiger partial charge in [-0.15, -0.1) is 0 Å². The Hall–Kier alpha value is -2.96. The van der Waals surface area contributed by atoms with Gasteiger partial charge in [0.15, 0.2) is 0 Å². The molecule has 0 atom stereocenters. The van der Waals surface area contributed by atoms with Gasteiger partial charge in [-0.1, -0.05) is 0 Å². The quantitative estimate of drug-likeness (QED) is 0.733. The second-order valence-electron chi connectivity index (χ2n) is 3.91. The fourth-order valence-electron chi connectivity index (χ4n) is 1.47. The predicted octanol–water partition coefficient (Wildman–Crippen LogP) is 1.28. The zero-order chi connectivity index (χ0) is 14.7. The van der Waals surface area contributed by atoms with Gasteiger partial charge in [0, 0.05) is 12.3 Å². The lowest BCUT2D eigenvalue weighted by molar-refractivity contribution is 0.0990. The summed E-state index contributed by atoms with van der Waals surface area (Å²) >= 11 is 0. The largest absolute Gasteiger partial charge is 0.508 e. The van der Waals surface area contributed by atoms with Gasteiger partial charge in [-0.25, -0.2) is 4.39 Å². The Morgan fingerprint density at radius 2 is 2.00 bits per heavy atom. The lowest BCUT2D eigenvalue weighted by Gasteiger charge is -2.06. The highest BCUT2D eigenvalue weighted by atomic mass is 19.1. The molecule has 0 aliphatic carbocycles. The van der Waals surface area contributed by atoms with E-state index in [0.717, 1.165) is 12.3 Å². The molecule has 2 rings (SSSR count). The zero-order valence-corrected chi connectivity index (χ0v) is 10.1. The van der Waals surface area contributed by atoms with Crippen molar-refractivity contribution in [2.45, 2.75) is 0 Å². The number of phenolic OH excluding ortho intramolecular Hbond substituents is 1. The molecule has 2 amide bonds. The average Bonchev–Trinajstić information content (AvgIpc) is 2.42. The molecule has 0 radical (unpaired) electrons. The molecule has 0 spiro atoms. The normalized spacial score (nSPS) is 10.1. The third-order valence-electron chi connectivity index (χ3n) is 2.48. The lowest BCUT2D eigenvalue weighted by atomic mass is 10.2. The minimum atomic E-state index is -0.764. The molecule has 0 unspecified atom stereocenters. The average molecular weight is 275 g/mol. The van der Waals surface area contributed by atoms with Crippen LogP contribution < -0.4 is 11.1 Å². The number of nitrogens with zero attached hydrogens (tertiary/aromatic N) is 1. The Balaban J connectivity index is 2.17. The zero-order valence-electron chi connectivity index (χ0n) is 10.1. The van der Waals surface area contributed by atoms with E-state index in [2.05, 4.69) is 10.3 Å². The number of phenols is 1. The predicted molar refractivity (Wildman–Crippen MR) is 68.8 cm³/mol. The first-order valence-corrected chi connectivity index (χ1v) is 5.53. The number of hydrogen-bond acceptors (Lipinski definition) is 4. The fraction of sp³-hybridized carbons (Fsp3) is 0. The van der Waals surface area contributed by atoms with E-state index in [1.165, 1.54) is 24.3 Å². The summed E-state index contributed by atoms with van der Waals surface area (Å²) in [5.74, 6) is -2.31. The van der Waals surface area contributed by atoms with Crippen molar-refractivity contribution in [2.75, 3.05) is 5.32 Å². The maximum Gasteiger partial charge on any atom is 0.267 e. The van der Waals surface area contributed by atoms with Crippen molar-refractivity contribution in [3.8, 4) is 5.75 Å². The van der Waals surface area contributed by atoms with E-state index in [-0.39, 0.29) is 22.7 Å². The molecule has 102 valence electrons. The maximum atomic E-state index is 13.4.